The first kappa shape index (κ1) is 23.1. The van der Waals surface area contributed by atoms with E-state index < -0.39 is 4.75 Å². The minimum atomic E-state index is -0.592. The van der Waals surface area contributed by atoms with E-state index in [-0.39, 0.29) is 5.97 Å². The van der Waals surface area contributed by atoms with Crippen molar-refractivity contribution in [1.29, 1.82) is 0 Å². The Labute approximate surface area is 177 Å². The molecule has 0 N–H and O–H groups in total. The largest absolute Gasteiger partial charge is 0.465 e. The molecule has 0 fully saturated rings. The Balaban J connectivity index is 1.72. The maximum atomic E-state index is 11.8. The zero-order valence-corrected chi connectivity index (χ0v) is 18.6. The monoisotopic (exact) mass is 415 g/mol. The Morgan fingerprint density at radius 2 is 1.93 bits per heavy atom. The van der Waals surface area contributed by atoms with Gasteiger partial charge in [-0.25, -0.2) is 4.98 Å². The summed E-state index contributed by atoms with van der Waals surface area (Å²) in [5, 5.41) is 0. The number of ether oxygens (including phenoxy) is 2. The maximum Gasteiger partial charge on any atom is 0.321 e. The van der Waals surface area contributed by atoms with Gasteiger partial charge in [-0.1, -0.05) is 29.5 Å². The van der Waals surface area contributed by atoms with Crippen molar-refractivity contribution >= 4 is 17.7 Å². The average Bonchev–Trinajstić information content (AvgIpc) is 3.05. The number of hydrogen-bond acceptors (Lipinski definition) is 6. The Bertz CT molecular complexity index is 859. The van der Waals surface area contributed by atoms with E-state index in [1.54, 1.807) is 6.92 Å². The van der Waals surface area contributed by atoms with E-state index in [4.69, 9.17) is 13.9 Å². The summed E-state index contributed by atoms with van der Waals surface area (Å²) < 4.78 is 15.8. The second-order valence-corrected chi connectivity index (χ2v) is 8.66. The van der Waals surface area contributed by atoms with E-state index >= 15 is 0 Å². The maximum absolute atomic E-state index is 11.8. The molecule has 2 aromatic rings. The van der Waals surface area contributed by atoms with E-state index in [2.05, 4.69) is 23.7 Å². The molecule has 6 heteroatoms. The Morgan fingerprint density at radius 1 is 1.21 bits per heavy atom. The molecule has 0 atom stereocenters. The summed E-state index contributed by atoms with van der Waals surface area (Å²) in [7, 11) is 0. The molecule has 0 aliphatic carbocycles. The highest BCUT2D eigenvalue weighted by Crippen LogP contribution is 2.25. The average molecular weight is 416 g/mol. The van der Waals surface area contributed by atoms with Crippen molar-refractivity contribution in [3.05, 3.63) is 41.3 Å². The van der Waals surface area contributed by atoms with Gasteiger partial charge >= 0.3 is 5.97 Å². The Morgan fingerprint density at radius 3 is 2.62 bits per heavy atom. The predicted molar refractivity (Wildman–Crippen MR) is 117 cm³/mol. The van der Waals surface area contributed by atoms with Crippen LogP contribution in [0.15, 0.2) is 28.7 Å². The lowest BCUT2D eigenvalue weighted by Crippen LogP contribution is -2.30. The summed E-state index contributed by atoms with van der Waals surface area (Å²) in [6, 6.07) is 8.11. The van der Waals surface area contributed by atoms with E-state index in [9.17, 15) is 4.79 Å². The first-order valence-electron chi connectivity index (χ1n) is 9.71. The molecule has 156 valence electrons. The summed E-state index contributed by atoms with van der Waals surface area (Å²) in [5.41, 5.74) is 3.08. The van der Waals surface area contributed by atoms with Crippen molar-refractivity contribution in [1.82, 2.24) is 4.98 Å². The molecule has 29 heavy (non-hydrogen) atoms. The second-order valence-electron chi connectivity index (χ2n) is 7.06. The molecule has 0 aliphatic rings. The zero-order chi connectivity index (χ0) is 21.3. The quantitative estimate of drug-likeness (QED) is 0.339. The lowest BCUT2D eigenvalue weighted by molar-refractivity contribution is -0.145. The highest BCUT2D eigenvalue weighted by molar-refractivity contribution is 8.01. The fourth-order valence-electron chi connectivity index (χ4n) is 2.45. The fraction of sp³-hybridized carbons (Fsp3) is 0.478. The lowest BCUT2D eigenvalue weighted by atomic mass is 10.1. The van der Waals surface area contributed by atoms with Gasteiger partial charge in [0.1, 0.15) is 17.1 Å². The summed E-state index contributed by atoms with van der Waals surface area (Å²) in [6.07, 6.45) is 0.674. The van der Waals surface area contributed by atoms with Gasteiger partial charge in [-0.05, 0) is 46.8 Å². The van der Waals surface area contributed by atoms with Gasteiger partial charge in [0, 0.05) is 12.0 Å². The molecular weight excluding hydrogens is 386 g/mol. The number of esters is 1. The SMILES string of the molecule is CCOC(=O)C(C)(C)SCC#CCOCCc1nc(-c2ccc(C)cc2)oc1C. The minimum Gasteiger partial charge on any atom is -0.465 e. The molecule has 0 bridgehead atoms. The highest BCUT2D eigenvalue weighted by Gasteiger charge is 2.29. The van der Waals surface area contributed by atoms with Crippen LogP contribution in [0.1, 0.15) is 37.8 Å². The Hall–Kier alpha value is -2.23. The highest BCUT2D eigenvalue weighted by atomic mass is 32.2. The van der Waals surface area contributed by atoms with Gasteiger partial charge in [0.25, 0.3) is 0 Å². The van der Waals surface area contributed by atoms with Crippen molar-refractivity contribution in [2.45, 2.75) is 45.8 Å². The number of hydrogen-bond donors (Lipinski definition) is 0. The van der Waals surface area contributed by atoms with Crippen LogP contribution >= 0.6 is 11.8 Å². The summed E-state index contributed by atoms with van der Waals surface area (Å²) >= 11 is 1.46. The summed E-state index contributed by atoms with van der Waals surface area (Å²) in [4.78, 5) is 16.4. The van der Waals surface area contributed by atoms with Crippen LogP contribution in [0.2, 0.25) is 0 Å². The van der Waals surface area contributed by atoms with Crippen LogP contribution in [0.25, 0.3) is 11.5 Å². The van der Waals surface area contributed by atoms with Crippen LogP contribution in [0.3, 0.4) is 0 Å². The van der Waals surface area contributed by atoms with E-state index in [1.807, 2.05) is 45.0 Å². The van der Waals surface area contributed by atoms with Crippen molar-refractivity contribution in [3.63, 3.8) is 0 Å². The number of nitrogens with zero attached hydrogens (tertiary/aromatic N) is 1. The molecule has 0 aliphatic heterocycles. The summed E-state index contributed by atoms with van der Waals surface area (Å²) in [5.74, 6) is 7.79. The Kier molecular flexibility index (Phi) is 8.81. The standard InChI is InChI=1S/C23H29NO4S/c1-6-27-22(25)23(4,5)29-16-8-7-14-26-15-13-20-18(3)28-21(24-20)19-11-9-17(2)10-12-19/h9-12H,6,13-16H2,1-5H3. The van der Waals surface area contributed by atoms with Crippen LogP contribution in [-0.4, -0.2) is 41.3 Å². The first-order chi connectivity index (χ1) is 13.8. The second kappa shape index (κ2) is 11.1. The number of aryl methyl sites for hydroxylation is 2. The van der Waals surface area contributed by atoms with Crippen molar-refractivity contribution in [2.24, 2.45) is 0 Å². The van der Waals surface area contributed by atoms with Crippen molar-refractivity contribution in [3.8, 4) is 23.3 Å². The molecule has 1 aromatic carbocycles. The lowest BCUT2D eigenvalue weighted by Gasteiger charge is -2.20. The molecule has 0 saturated heterocycles. The number of rotatable bonds is 9. The van der Waals surface area contributed by atoms with Crippen LogP contribution in [0, 0.1) is 25.7 Å². The number of oxazole rings is 1. The number of thioether (sulfide) groups is 1. The predicted octanol–water partition coefficient (Wildman–Crippen LogP) is 4.60. The number of carbonyl (C=O) groups excluding carboxylic acids is 1. The van der Waals surface area contributed by atoms with E-state index in [0.717, 1.165) is 17.0 Å². The third-order valence-electron chi connectivity index (χ3n) is 4.25. The van der Waals surface area contributed by atoms with Crippen molar-refractivity contribution in [2.75, 3.05) is 25.6 Å². The molecule has 1 aromatic heterocycles. The third-order valence-corrected chi connectivity index (χ3v) is 5.42. The van der Waals surface area contributed by atoms with Gasteiger partial charge in [0.15, 0.2) is 0 Å². The van der Waals surface area contributed by atoms with E-state index in [1.165, 1.54) is 17.3 Å². The molecule has 1 heterocycles. The van der Waals surface area contributed by atoms with Gasteiger partial charge in [-0.2, -0.15) is 0 Å². The molecule has 0 spiro atoms. The van der Waals surface area contributed by atoms with Crippen LogP contribution < -0.4 is 0 Å². The normalized spacial score (nSPS) is 11.1. The summed E-state index contributed by atoms with van der Waals surface area (Å²) in [6.45, 7) is 10.7. The molecule has 0 saturated carbocycles. The van der Waals surface area contributed by atoms with Crippen LogP contribution in [-0.2, 0) is 20.7 Å². The topological polar surface area (TPSA) is 61.6 Å². The van der Waals surface area contributed by atoms with Gasteiger partial charge in [0.05, 0.1) is 24.7 Å². The molecular formula is C23H29NO4S. The van der Waals surface area contributed by atoms with Gasteiger partial charge < -0.3 is 13.9 Å². The minimum absolute atomic E-state index is 0.212. The molecule has 5 nitrogen and oxygen atoms in total. The fourth-order valence-corrected chi connectivity index (χ4v) is 3.17. The third kappa shape index (κ3) is 7.26. The van der Waals surface area contributed by atoms with Crippen LogP contribution in [0.4, 0.5) is 0 Å². The number of carbonyl (C=O) groups is 1. The zero-order valence-electron chi connectivity index (χ0n) is 17.8. The molecule has 0 unspecified atom stereocenters. The van der Waals surface area contributed by atoms with Gasteiger partial charge in [-0.3, -0.25) is 4.79 Å². The van der Waals surface area contributed by atoms with Gasteiger partial charge in [-0.15, -0.1) is 11.8 Å². The number of aromatic nitrogens is 1. The van der Waals surface area contributed by atoms with Crippen molar-refractivity contribution < 1.29 is 18.7 Å². The van der Waals surface area contributed by atoms with E-state index in [0.29, 0.717) is 37.9 Å². The molecule has 0 radical (unpaired) electrons. The molecule has 2 rings (SSSR count). The smallest absolute Gasteiger partial charge is 0.321 e. The first-order valence-corrected chi connectivity index (χ1v) is 10.7. The van der Waals surface area contributed by atoms with Crippen LogP contribution in [0.5, 0.6) is 0 Å². The molecule has 0 amide bonds. The van der Waals surface area contributed by atoms with Gasteiger partial charge in [0.2, 0.25) is 5.89 Å². The number of benzene rings is 1.